The molecule has 1 unspecified atom stereocenters. The van der Waals surface area contributed by atoms with Gasteiger partial charge >= 0.3 is 6.18 Å². The summed E-state index contributed by atoms with van der Waals surface area (Å²) in [7, 11) is 0. The Kier molecular flexibility index (Phi) is 6.00. The quantitative estimate of drug-likeness (QED) is 0.786. The van der Waals surface area contributed by atoms with Crippen LogP contribution in [0.5, 0.6) is 0 Å². The highest BCUT2D eigenvalue weighted by Crippen LogP contribution is 2.43. The van der Waals surface area contributed by atoms with Crippen molar-refractivity contribution in [2.24, 2.45) is 0 Å². The summed E-state index contributed by atoms with van der Waals surface area (Å²) in [4.78, 5) is 17.8. The minimum absolute atomic E-state index is 0.0899. The topological polar surface area (TPSA) is 84.1 Å². The molecule has 1 amide bonds. The number of rotatable bonds is 5. The molecule has 1 atom stereocenters. The fourth-order valence-corrected chi connectivity index (χ4v) is 4.41. The first-order valence-electron chi connectivity index (χ1n) is 9.42. The predicted molar refractivity (Wildman–Crippen MR) is 100 cm³/mol. The molecule has 0 aliphatic carbocycles. The summed E-state index contributed by atoms with van der Waals surface area (Å²) in [6.45, 7) is 6.19. The molecule has 29 heavy (non-hydrogen) atoms. The first-order valence-corrected chi connectivity index (χ1v) is 10.3. The minimum Gasteiger partial charge on any atom is -0.374 e. The number of thiazole rings is 1. The van der Waals surface area contributed by atoms with E-state index >= 15 is 0 Å². The molecule has 1 saturated heterocycles. The van der Waals surface area contributed by atoms with Crippen molar-refractivity contribution in [2.45, 2.75) is 63.8 Å². The van der Waals surface area contributed by atoms with Crippen molar-refractivity contribution in [2.75, 3.05) is 13.1 Å². The summed E-state index contributed by atoms with van der Waals surface area (Å²) in [5.41, 5.74) is -2.91. The van der Waals surface area contributed by atoms with Gasteiger partial charge in [-0.2, -0.15) is 13.2 Å². The number of aryl methyl sites for hydroxylation is 1. The van der Waals surface area contributed by atoms with Gasteiger partial charge in [-0.3, -0.25) is 4.79 Å². The summed E-state index contributed by atoms with van der Waals surface area (Å²) in [6, 6.07) is 0.197. The van der Waals surface area contributed by atoms with E-state index in [1.807, 2.05) is 18.4 Å². The van der Waals surface area contributed by atoms with Crippen molar-refractivity contribution in [1.29, 1.82) is 0 Å². The Bertz CT molecular complexity index is 858. The Morgan fingerprint density at radius 3 is 2.52 bits per heavy atom. The largest absolute Gasteiger partial charge is 0.424 e. The zero-order valence-electron chi connectivity index (χ0n) is 16.5. The molecule has 3 heterocycles. The van der Waals surface area contributed by atoms with E-state index in [4.69, 9.17) is 0 Å². The van der Waals surface area contributed by atoms with Crippen LogP contribution < -0.4 is 0 Å². The third-order valence-electron chi connectivity index (χ3n) is 5.22. The Morgan fingerprint density at radius 2 is 2.00 bits per heavy atom. The zero-order valence-corrected chi connectivity index (χ0v) is 17.3. The van der Waals surface area contributed by atoms with Gasteiger partial charge in [-0.15, -0.1) is 21.5 Å². The van der Waals surface area contributed by atoms with Gasteiger partial charge in [-0.05, 0) is 33.6 Å². The number of carbonyl (C=O) groups excluding carboxylic acids is 1. The molecule has 2 aromatic heterocycles. The number of nitrogens with zero attached hydrogens (tertiary/aromatic N) is 5. The lowest BCUT2D eigenvalue weighted by atomic mass is 9.93. The molecule has 0 aromatic carbocycles. The lowest BCUT2D eigenvalue weighted by Gasteiger charge is -2.35. The third kappa shape index (κ3) is 4.30. The molecule has 0 bridgehead atoms. The lowest BCUT2D eigenvalue weighted by molar-refractivity contribution is -0.268. The van der Waals surface area contributed by atoms with Gasteiger partial charge in [0, 0.05) is 36.1 Å². The molecule has 160 valence electrons. The van der Waals surface area contributed by atoms with E-state index in [0.717, 1.165) is 5.82 Å². The van der Waals surface area contributed by atoms with Crippen LogP contribution in [0.15, 0.2) is 11.7 Å². The van der Waals surface area contributed by atoms with Crippen LogP contribution in [-0.4, -0.2) is 54.9 Å². The molecule has 0 spiro atoms. The van der Waals surface area contributed by atoms with Crippen molar-refractivity contribution < 1.29 is 23.1 Å². The first-order chi connectivity index (χ1) is 13.5. The van der Waals surface area contributed by atoms with Crippen LogP contribution >= 0.6 is 11.3 Å². The van der Waals surface area contributed by atoms with Gasteiger partial charge < -0.3 is 14.6 Å². The predicted octanol–water partition coefficient (Wildman–Crippen LogP) is 3.17. The highest BCUT2D eigenvalue weighted by Gasteiger charge is 2.58. The van der Waals surface area contributed by atoms with Crippen molar-refractivity contribution in [3.63, 3.8) is 0 Å². The van der Waals surface area contributed by atoms with E-state index < -0.39 is 29.1 Å². The van der Waals surface area contributed by atoms with Crippen LogP contribution in [0.4, 0.5) is 13.2 Å². The number of hydrogen-bond acceptors (Lipinski definition) is 6. The average Bonchev–Trinajstić information content (AvgIpc) is 3.30. The van der Waals surface area contributed by atoms with Crippen LogP contribution in [0.1, 0.15) is 61.6 Å². The summed E-state index contributed by atoms with van der Waals surface area (Å²) >= 11 is 0.705. The maximum Gasteiger partial charge on any atom is 0.424 e. The molecule has 1 N–H and O–H groups in total. The molecule has 1 aliphatic heterocycles. The Labute approximate surface area is 170 Å². The van der Waals surface area contributed by atoms with E-state index in [1.165, 1.54) is 10.3 Å². The highest BCUT2D eigenvalue weighted by atomic mass is 32.1. The van der Waals surface area contributed by atoms with Crippen molar-refractivity contribution in [3.8, 4) is 0 Å². The molecular formula is C18H24F3N5O2S. The third-order valence-corrected chi connectivity index (χ3v) is 6.33. The number of hydrogen-bond donors (Lipinski definition) is 1. The molecule has 1 aliphatic rings. The summed E-state index contributed by atoms with van der Waals surface area (Å²) in [6.07, 6.45) is -3.25. The van der Waals surface area contributed by atoms with Crippen LogP contribution in [0.2, 0.25) is 0 Å². The number of amides is 1. The monoisotopic (exact) mass is 431 g/mol. The average molecular weight is 431 g/mol. The summed E-state index contributed by atoms with van der Waals surface area (Å²) < 4.78 is 42.8. The number of carbonyl (C=O) groups is 1. The van der Waals surface area contributed by atoms with Crippen molar-refractivity contribution in [1.82, 2.24) is 24.6 Å². The van der Waals surface area contributed by atoms with Crippen molar-refractivity contribution in [3.05, 3.63) is 28.2 Å². The standard InChI is InChI=1S/C18H24F3N5O2S/c1-11(2)26-10-22-24-15(26)13-4-6-25(7-5-13)14(27)8-17(28,18(19,20)21)16-23-12(3)9-29-16/h9-11,13,28H,4-8H2,1-3H3. The van der Waals surface area contributed by atoms with Crippen molar-refractivity contribution >= 4 is 17.2 Å². The van der Waals surface area contributed by atoms with Gasteiger partial charge in [0.15, 0.2) is 0 Å². The number of piperidine rings is 1. The van der Waals surface area contributed by atoms with Crippen LogP contribution in [0.25, 0.3) is 0 Å². The maximum atomic E-state index is 13.6. The second-order valence-corrected chi connectivity index (χ2v) is 8.53. The van der Waals surface area contributed by atoms with Gasteiger partial charge in [0.2, 0.25) is 11.5 Å². The molecule has 11 heteroatoms. The molecule has 0 saturated carbocycles. The van der Waals surface area contributed by atoms with E-state index in [9.17, 15) is 23.1 Å². The van der Waals surface area contributed by atoms with Gasteiger partial charge in [0.25, 0.3) is 0 Å². The normalized spacial score (nSPS) is 18.3. The number of halogens is 3. The minimum atomic E-state index is -5.00. The van der Waals surface area contributed by atoms with Gasteiger partial charge in [0.1, 0.15) is 17.2 Å². The van der Waals surface area contributed by atoms with Gasteiger partial charge in [-0.25, -0.2) is 4.98 Å². The van der Waals surface area contributed by atoms with E-state index in [1.54, 1.807) is 13.3 Å². The molecule has 7 nitrogen and oxygen atoms in total. The SMILES string of the molecule is Cc1csc(C(O)(CC(=O)N2CCC(c3nncn3C(C)C)CC2)C(F)(F)F)n1. The smallest absolute Gasteiger partial charge is 0.374 e. The summed E-state index contributed by atoms with van der Waals surface area (Å²) in [5.74, 6) is 0.186. The first kappa shape index (κ1) is 21.7. The Hall–Kier alpha value is -2.01. The Morgan fingerprint density at radius 1 is 1.34 bits per heavy atom. The zero-order chi connectivity index (χ0) is 21.4. The molecule has 2 aromatic rings. The second-order valence-electron chi connectivity index (χ2n) is 7.67. The van der Waals surface area contributed by atoms with Gasteiger partial charge in [0.05, 0.1) is 6.42 Å². The van der Waals surface area contributed by atoms with Crippen LogP contribution in [0, 0.1) is 6.92 Å². The molecule has 0 radical (unpaired) electrons. The van der Waals surface area contributed by atoms with Crippen LogP contribution in [0.3, 0.4) is 0 Å². The lowest BCUT2D eigenvalue weighted by Crippen LogP contribution is -2.48. The second kappa shape index (κ2) is 8.02. The fourth-order valence-electron chi connectivity index (χ4n) is 3.50. The van der Waals surface area contributed by atoms with E-state index in [0.29, 0.717) is 43.0 Å². The maximum absolute atomic E-state index is 13.6. The highest BCUT2D eigenvalue weighted by molar-refractivity contribution is 7.09. The van der Waals surface area contributed by atoms with Gasteiger partial charge in [-0.1, -0.05) is 0 Å². The Balaban J connectivity index is 1.69. The number of likely N-dealkylation sites (tertiary alicyclic amines) is 1. The van der Waals surface area contributed by atoms with Crippen LogP contribution in [-0.2, 0) is 10.4 Å². The molecule has 3 rings (SSSR count). The number of aromatic nitrogens is 4. The van der Waals surface area contributed by atoms with E-state index in [-0.39, 0.29) is 12.0 Å². The molecular weight excluding hydrogens is 407 g/mol. The number of aliphatic hydroxyl groups is 1. The van der Waals surface area contributed by atoms with E-state index in [2.05, 4.69) is 15.2 Å². The number of alkyl halides is 3. The molecule has 1 fully saturated rings. The fraction of sp³-hybridized carbons (Fsp3) is 0.667. The summed E-state index contributed by atoms with van der Waals surface area (Å²) in [5, 5.41) is 19.4.